The van der Waals surface area contributed by atoms with Gasteiger partial charge in [-0.05, 0) is 37.0 Å². The SMILES string of the molecule is CC1=C[C@@H]2C(CC1)C2(C)C. The highest BCUT2D eigenvalue weighted by Gasteiger charge is 2.56. The molecule has 0 aromatic rings. The molecule has 1 unspecified atom stereocenters. The summed E-state index contributed by atoms with van der Waals surface area (Å²) >= 11 is 0. The molecule has 56 valence electrons. The lowest BCUT2D eigenvalue weighted by Gasteiger charge is -2.05. The molecular weight excluding hydrogens is 120 g/mol. The molecule has 0 aromatic heterocycles. The van der Waals surface area contributed by atoms with Crippen molar-refractivity contribution >= 4 is 0 Å². The van der Waals surface area contributed by atoms with Crippen LogP contribution < -0.4 is 0 Å². The van der Waals surface area contributed by atoms with E-state index in [-0.39, 0.29) is 0 Å². The minimum atomic E-state index is 0.651. The molecule has 0 radical (unpaired) electrons. The van der Waals surface area contributed by atoms with Gasteiger partial charge in [0.25, 0.3) is 0 Å². The Bertz CT molecular complexity index is 186. The summed E-state index contributed by atoms with van der Waals surface area (Å²) in [4.78, 5) is 0. The van der Waals surface area contributed by atoms with Gasteiger partial charge in [-0.15, -0.1) is 0 Å². The molecule has 0 saturated heterocycles. The Morgan fingerprint density at radius 2 is 2.20 bits per heavy atom. The van der Waals surface area contributed by atoms with Gasteiger partial charge in [-0.2, -0.15) is 0 Å². The third-order valence-electron chi connectivity index (χ3n) is 3.45. The van der Waals surface area contributed by atoms with Gasteiger partial charge in [0, 0.05) is 0 Å². The average Bonchev–Trinajstić information content (AvgIpc) is 2.36. The highest BCUT2D eigenvalue weighted by Crippen LogP contribution is 2.63. The number of hydrogen-bond donors (Lipinski definition) is 0. The Balaban J connectivity index is 2.20. The molecule has 0 spiro atoms. The van der Waals surface area contributed by atoms with Crippen LogP contribution >= 0.6 is 0 Å². The van der Waals surface area contributed by atoms with E-state index in [1.807, 2.05) is 0 Å². The lowest BCUT2D eigenvalue weighted by molar-refractivity contribution is 0.533. The summed E-state index contributed by atoms with van der Waals surface area (Å²) in [6, 6.07) is 0. The molecule has 0 amide bonds. The first-order valence-electron chi connectivity index (χ1n) is 4.29. The third kappa shape index (κ3) is 0.680. The zero-order valence-corrected chi connectivity index (χ0v) is 7.15. The maximum Gasteiger partial charge on any atom is -0.0143 e. The molecule has 0 N–H and O–H groups in total. The second-order valence-electron chi connectivity index (χ2n) is 4.51. The first kappa shape index (κ1) is 6.45. The number of allylic oxidation sites excluding steroid dienone is 2. The van der Waals surface area contributed by atoms with Gasteiger partial charge in [0.1, 0.15) is 0 Å². The fourth-order valence-electron chi connectivity index (χ4n) is 2.44. The van der Waals surface area contributed by atoms with E-state index in [2.05, 4.69) is 26.8 Å². The molecule has 1 saturated carbocycles. The maximum atomic E-state index is 2.49. The highest BCUT2D eigenvalue weighted by atomic mass is 14.6. The molecule has 2 aliphatic rings. The Morgan fingerprint density at radius 1 is 1.50 bits per heavy atom. The van der Waals surface area contributed by atoms with E-state index in [0.29, 0.717) is 5.41 Å². The molecule has 2 aliphatic carbocycles. The fraction of sp³-hybridized carbons (Fsp3) is 0.800. The summed E-state index contributed by atoms with van der Waals surface area (Å²) in [6.45, 7) is 7.07. The summed E-state index contributed by atoms with van der Waals surface area (Å²) in [6.07, 6.45) is 5.29. The minimum Gasteiger partial charge on any atom is -0.0817 e. The van der Waals surface area contributed by atoms with Crippen LogP contribution in [-0.4, -0.2) is 0 Å². The monoisotopic (exact) mass is 136 g/mol. The summed E-state index contributed by atoms with van der Waals surface area (Å²) in [5.74, 6) is 1.96. The molecule has 2 rings (SSSR count). The quantitative estimate of drug-likeness (QED) is 0.449. The molecule has 1 fully saturated rings. The van der Waals surface area contributed by atoms with Crippen LogP contribution in [-0.2, 0) is 0 Å². The van der Waals surface area contributed by atoms with Crippen LogP contribution in [0.25, 0.3) is 0 Å². The first-order chi connectivity index (χ1) is 4.62. The largest absolute Gasteiger partial charge is 0.0817 e. The first-order valence-corrected chi connectivity index (χ1v) is 4.29. The van der Waals surface area contributed by atoms with Crippen molar-refractivity contribution in [3.63, 3.8) is 0 Å². The Kier molecular flexibility index (Phi) is 1.07. The van der Waals surface area contributed by atoms with Crippen LogP contribution in [0.5, 0.6) is 0 Å². The van der Waals surface area contributed by atoms with Gasteiger partial charge in [0.2, 0.25) is 0 Å². The second kappa shape index (κ2) is 1.66. The lowest BCUT2D eigenvalue weighted by Crippen LogP contribution is -1.90. The zero-order chi connectivity index (χ0) is 7.35. The van der Waals surface area contributed by atoms with Crippen molar-refractivity contribution in [2.24, 2.45) is 17.3 Å². The van der Waals surface area contributed by atoms with Crippen molar-refractivity contribution in [3.05, 3.63) is 11.6 Å². The van der Waals surface area contributed by atoms with Crippen LogP contribution in [0.1, 0.15) is 33.6 Å². The number of rotatable bonds is 0. The maximum absolute atomic E-state index is 2.49. The van der Waals surface area contributed by atoms with Crippen molar-refractivity contribution in [3.8, 4) is 0 Å². The summed E-state index contributed by atoms with van der Waals surface area (Å²) < 4.78 is 0. The van der Waals surface area contributed by atoms with E-state index >= 15 is 0 Å². The summed E-state index contributed by atoms with van der Waals surface area (Å²) in [5, 5.41) is 0. The average molecular weight is 136 g/mol. The van der Waals surface area contributed by atoms with E-state index in [0.717, 1.165) is 11.8 Å². The standard InChI is InChI=1S/C10H16/c1-7-4-5-8-9(6-7)10(8,2)3/h6,8-9H,4-5H2,1-3H3/t8?,9-/m1/s1. The van der Waals surface area contributed by atoms with Gasteiger partial charge < -0.3 is 0 Å². The molecule has 0 bridgehead atoms. The van der Waals surface area contributed by atoms with Crippen LogP contribution in [0.4, 0.5) is 0 Å². The van der Waals surface area contributed by atoms with Crippen molar-refractivity contribution in [1.29, 1.82) is 0 Å². The molecular formula is C10H16. The lowest BCUT2D eigenvalue weighted by atomic mass is 10.0. The Labute approximate surface area is 63.3 Å². The Morgan fingerprint density at radius 3 is 2.70 bits per heavy atom. The third-order valence-corrected chi connectivity index (χ3v) is 3.45. The predicted octanol–water partition coefficient (Wildman–Crippen LogP) is 3.00. The molecule has 0 heterocycles. The molecule has 0 heteroatoms. The fourth-order valence-corrected chi connectivity index (χ4v) is 2.44. The van der Waals surface area contributed by atoms with E-state index < -0.39 is 0 Å². The summed E-state index contributed by atoms with van der Waals surface area (Å²) in [7, 11) is 0. The van der Waals surface area contributed by atoms with E-state index in [1.165, 1.54) is 12.8 Å². The van der Waals surface area contributed by atoms with Gasteiger partial charge in [-0.3, -0.25) is 0 Å². The normalized spacial score (nSPS) is 42.1. The van der Waals surface area contributed by atoms with Crippen LogP contribution in [0, 0.1) is 17.3 Å². The molecule has 2 atom stereocenters. The second-order valence-corrected chi connectivity index (χ2v) is 4.51. The Hall–Kier alpha value is -0.260. The van der Waals surface area contributed by atoms with Gasteiger partial charge in [-0.25, -0.2) is 0 Å². The number of fused-ring (bicyclic) bond motifs is 1. The van der Waals surface area contributed by atoms with E-state index in [9.17, 15) is 0 Å². The van der Waals surface area contributed by atoms with Crippen LogP contribution in [0.15, 0.2) is 11.6 Å². The smallest absolute Gasteiger partial charge is 0.0143 e. The predicted molar refractivity (Wildman–Crippen MR) is 43.8 cm³/mol. The molecule has 0 aliphatic heterocycles. The minimum absolute atomic E-state index is 0.651. The van der Waals surface area contributed by atoms with E-state index in [1.54, 1.807) is 5.57 Å². The molecule has 0 nitrogen and oxygen atoms in total. The van der Waals surface area contributed by atoms with Crippen molar-refractivity contribution < 1.29 is 0 Å². The van der Waals surface area contributed by atoms with Gasteiger partial charge in [0.05, 0.1) is 0 Å². The molecule has 10 heavy (non-hydrogen) atoms. The highest BCUT2D eigenvalue weighted by molar-refractivity contribution is 5.21. The zero-order valence-electron chi connectivity index (χ0n) is 7.15. The van der Waals surface area contributed by atoms with Crippen molar-refractivity contribution in [2.45, 2.75) is 33.6 Å². The van der Waals surface area contributed by atoms with Crippen molar-refractivity contribution in [2.75, 3.05) is 0 Å². The van der Waals surface area contributed by atoms with Crippen LogP contribution in [0.3, 0.4) is 0 Å². The number of hydrogen-bond acceptors (Lipinski definition) is 0. The van der Waals surface area contributed by atoms with Gasteiger partial charge in [-0.1, -0.05) is 25.5 Å². The van der Waals surface area contributed by atoms with Crippen molar-refractivity contribution in [1.82, 2.24) is 0 Å². The van der Waals surface area contributed by atoms with E-state index in [4.69, 9.17) is 0 Å². The van der Waals surface area contributed by atoms with Gasteiger partial charge >= 0.3 is 0 Å². The van der Waals surface area contributed by atoms with Crippen LogP contribution in [0.2, 0.25) is 0 Å². The van der Waals surface area contributed by atoms with Gasteiger partial charge in [0.15, 0.2) is 0 Å². The summed E-state index contributed by atoms with van der Waals surface area (Å²) in [5.41, 5.74) is 2.27. The topological polar surface area (TPSA) is 0 Å². The molecule has 0 aromatic carbocycles.